The molecule has 0 atom stereocenters. The lowest BCUT2D eigenvalue weighted by Gasteiger charge is -1.99. The van der Waals surface area contributed by atoms with Crippen LogP contribution in [0, 0.1) is 11.3 Å². The first-order chi connectivity index (χ1) is 9.31. The Kier molecular flexibility index (Phi) is 4.75. The van der Waals surface area contributed by atoms with Crippen molar-refractivity contribution in [3.05, 3.63) is 35.6 Å². The number of nitrogens with zero attached hydrogens (tertiary/aromatic N) is 4. The maximum absolute atomic E-state index is 8.43. The maximum atomic E-state index is 8.43. The molecule has 2 aromatic heterocycles. The van der Waals surface area contributed by atoms with E-state index in [9.17, 15) is 0 Å². The van der Waals surface area contributed by atoms with Crippen molar-refractivity contribution >= 4 is 11.8 Å². The van der Waals surface area contributed by atoms with Crippen molar-refractivity contribution in [1.82, 2.24) is 15.1 Å². The molecule has 0 aliphatic rings. The monoisotopic (exact) mass is 276 g/mol. The topological polar surface area (TPSA) is 84.8 Å². The van der Waals surface area contributed by atoms with Crippen molar-refractivity contribution in [2.75, 3.05) is 12.9 Å². The number of thioether (sulfide) groups is 1. The van der Waals surface area contributed by atoms with Crippen LogP contribution in [0.25, 0.3) is 0 Å². The molecular weight excluding hydrogens is 264 g/mol. The van der Waals surface area contributed by atoms with Crippen LogP contribution < -0.4 is 4.74 Å². The molecule has 0 bridgehead atoms. The summed E-state index contributed by atoms with van der Waals surface area (Å²) in [7, 11) is 1.58. The molecule has 0 spiro atoms. The largest absolute Gasteiger partial charge is 0.481 e. The highest BCUT2D eigenvalue weighted by molar-refractivity contribution is 7.98. The standard InChI is InChI=1S/C12H12N4O2S/c1-17-11-3-2-9(7-14-11)6-10-15-12(18-16-10)8-19-5-4-13/h2-3,7H,5-6,8H2,1H3. The summed E-state index contributed by atoms with van der Waals surface area (Å²) in [4.78, 5) is 8.37. The molecule has 7 heteroatoms. The molecule has 0 aliphatic heterocycles. The van der Waals surface area contributed by atoms with E-state index in [1.807, 2.05) is 12.1 Å². The van der Waals surface area contributed by atoms with Gasteiger partial charge in [-0.25, -0.2) is 4.98 Å². The van der Waals surface area contributed by atoms with E-state index in [2.05, 4.69) is 15.1 Å². The number of ether oxygens (including phenoxy) is 1. The fourth-order valence-electron chi connectivity index (χ4n) is 1.42. The van der Waals surface area contributed by atoms with E-state index < -0.39 is 0 Å². The molecule has 2 heterocycles. The zero-order chi connectivity index (χ0) is 13.5. The number of rotatable bonds is 6. The summed E-state index contributed by atoms with van der Waals surface area (Å²) in [5.41, 5.74) is 0.984. The summed E-state index contributed by atoms with van der Waals surface area (Å²) in [5, 5.41) is 12.3. The predicted molar refractivity (Wildman–Crippen MR) is 69.7 cm³/mol. The average molecular weight is 276 g/mol. The van der Waals surface area contributed by atoms with Gasteiger partial charge in [0.1, 0.15) is 0 Å². The second-order valence-electron chi connectivity index (χ2n) is 3.64. The second kappa shape index (κ2) is 6.75. The van der Waals surface area contributed by atoms with Crippen molar-refractivity contribution in [2.45, 2.75) is 12.2 Å². The van der Waals surface area contributed by atoms with E-state index in [0.29, 0.717) is 35.5 Å². The van der Waals surface area contributed by atoms with Crippen LogP contribution in [0.15, 0.2) is 22.9 Å². The Bertz CT molecular complexity index is 562. The number of hydrogen-bond acceptors (Lipinski definition) is 7. The third-order valence-corrected chi connectivity index (χ3v) is 3.06. The molecule has 6 nitrogen and oxygen atoms in total. The second-order valence-corrected chi connectivity index (χ2v) is 4.63. The summed E-state index contributed by atoms with van der Waals surface area (Å²) >= 11 is 1.44. The lowest BCUT2D eigenvalue weighted by atomic mass is 10.2. The Labute approximate surface area is 114 Å². The van der Waals surface area contributed by atoms with Gasteiger partial charge in [-0.15, -0.1) is 11.8 Å². The normalized spacial score (nSPS) is 10.1. The zero-order valence-corrected chi connectivity index (χ0v) is 11.2. The Balaban J connectivity index is 1.93. The lowest BCUT2D eigenvalue weighted by molar-refractivity contribution is 0.385. The molecular formula is C12H12N4O2S. The van der Waals surface area contributed by atoms with Gasteiger partial charge < -0.3 is 9.26 Å². The Hall–Kier alpha value is -2.07. The minimum absolute atomic E-state index is 0.417. The summed E-state index contributed by atoms with van der Waals surface area (Å²) in [6.45, 7) is 0. The number of aromatic nitrogens is 3. The van der Waals surface area contributed by atoms with Crippen LogP contribution in [0.4, 0.5) is 0 Å². The summed E-state index contributed by atoms with van der Waals surface area (Å²) in [6.07, 6.45) is 2.28. The zero-order valence-electron chi connectivity index (χ0n) is 10.4. The predicted octanol–water partition coefficient (Wildman–Crippen LogP) is 1.82. The van der Waals surface area contributed by atoms with E-state index in [-0.39, 0.29) is 0 Å². The first-order valence-corrected chi connectivity index (χ1v) is 6.72. The molecule has 2 aromatic rings. The molecule has 19 heavy (non-hydrogen) atoms. The quantitative estimate of drug-likeness (QED) is 0.744. The number of methoxy groups -OCH3 is 1. The van der Waals surface area contributed by atoms with Crippen LogP contribution in [0.5, 0.6) is 5.88 Å². The van der Waals surface area contributed by atoms with E-state index in [1.54, 1.807) is 19.4 Å². The van der Waals surface area contributed by atoms with E-state index >= 15 is 0 Å². The highest BCUT2D eigenvalue weighted by atomic mass is 32.2. The Morgan fingerprint density at radius 1 is 1.47 bits per heavy atom. The van der Waals surface area contributed by atoms with E-state index in [4.69, 9.17) is 14.5 Å². The van der Waals surface area contributed by atoms with Crippen LogP contribution >= 0.6 is 11.8 Å². The van der Waals surface area contributed by atoms with Crippen LogP contribution in [-0.2, 0) is 12.2 Å². The molecule has 2 rings (SSSR count). The van der Waals surface area contributed by atoms with E-state index in [1.165, 1.54) is 11.8 Å². The van der Waals surface area contributed by atoms with Crippen LogP contribution in [0.2, 0.25) is 0 Å². The van der Waals surface area contributed by atoms with Gasteiger partial charge >= 0.3 is 0 Å². The molecule has 0 unspecified atom stereocenters. The fourth-order valence-corrected chi connectivity index (χ4v) is 1.91. The van der Waals surface area contributed by atoms with Crippen LogP contribution in [0.3, 0.4) is 0 Å². The van der Waals surface area contributed by atoms with Gasteiger partial charge in [0.15, 0.2) is 5.82 Å². The molecule has 0 N–H and O–H groups in total. The summed E-state index contributed by atoms with van der Waals surface area (Å²) in [5.74, 6) is 2.70. The van der Waals surface area contributed by atoms with Crippen molar-refractivity contribution in [2.24, 2.45) is 0 Å². The van der Waals surface area contributed by atoms with Crippen LogP contribution in [-0.4, -0.2) is 28.0 Å². The third-order valence-electron chi connectivity index (χ3n) is 2.27. The summed E-state index contributed by atoms with van der Waals surface area (Å²) in [6, 6.07) is 5.75. The Morgan fingerprint density at radius 2 is 2.37 bits per heavy atom. The molecule has 0 aliphatic carbocycles. The molecule has 0 aromatic carbocycles. The van der Waals surface area contributed by atoms with Gasteiger partial charge in [-0.2, -0.15) is 10.2 Å². The highest BCUT2D eigenvalue weighted by Gasteiger charge is 2.07. The van der Waals surface area contributed by atoms with Crippen molar-refractivity contribution in [3.63, 3.8) is 0 Å². The maximum Gasteiger partial charge on any atom is 0.236 e. The minimum atomic E-state index is 0.417. The van der Waals surface area contributed by atoms with Gasteiger partial charge in [0.25, 0.3) is 0 Å². The number of pyridine rings is 1. The molecule has 0 amide bonds. The van der Waals surface area contributed by atoms with Crippen molar-refractivity contribution in [1.29, 1.82) is 5.26 Å². The minimum Gasteiger partial charge on any atom is -0.481 e. The molecule has 0 saturated heterocycles. The highest BCUT2D eigenvalue weighted by Crippen LogP contribution is 2.13. The Morgan fingerprint density at radius 3 is 3.05 bits per heavy atom. The number of nitriles is 1. The number of hydrogen-bond donors (Lipinski definition) is 0. The van der Waals surface area contributed by atoms with Gasteiger partial charge in [-0.3, -0.25) is 0 Å². The first kappa shape index (κ1) is 13.4. The fraction of sp³-hybridized carbons (Fsp3) is 0.333. The van der Waals surface area contributed by atoms with Crippen LogP contribution in [0.1, 0.15) is 17.3 Å². The van der Waals surface area contributed by atoms with Gasteiger partial charge in [0, 0.05) is 18.7 Å². The lowest BCUT2D eigenvalue weighted by Crippen LogP contribution is -1.93. The third kappa shape index (κ3) is 3.96. The summed E-state index contributed by atoms with van der Waals surface area (Å²) < 4.78 is 10.1. The van der Waals surface area contributed by atoms with Gasteiger partial charge in [0.2, 0.25) is 11.8 Å². The van der Waals surface area contributed by atoms with Crippen molar-refractivity contribution < 1.29 is 9.26 Å². The molecule has 0 radical (unpaired) electrons. The van der Waals surface area contributed by atoms with Crippen molar-refractivity contribution in [3.8, 4) is 11.9 Å². The van der Waals surface area contributed by atoms with Gasteiger partial charge in [0.05, 0.1) is 24.7 Å². The average Bonchev–Trinajstić information content (AvgIpc) is 2.88. The molecule has 98 valence electrons. The molecule has 0 saturated carbocycles. The van der Waals surface area contributed by atoms with Gasteiger partial charge in [-0.05, 0) is 5.56 Å². The first-order valence-electron chi connectivity index (χ1n) is 5.57. The SMILES string of the molecule is COc1ccc(Cc2noc(CSCC#N)n2)cn1. The molecule has 0 fully saturated rings. The van der Waals surface area contributed by atoms with Gasteiger partial charge in [-0.1, -0.05) is 11.2 Å². The smallest absolute Gasteiger partial charge is 0.236 e. The van der Waals surface area contributed by atoms with E-state index in [0.717, 1.165) is 5.56 Å².